The number of rotatable bonds is 7. The van der Waals surface area contributed by atoms with Gasteiger partial charge in [-0.15, -0.1) is 0 Å². The normalized spacial score (nSPS) is 11.4. The Labute approximate surface area is 142 Å². The largest absolute Gasteiger partial charge is 0.444 e. The van der Waals surface area contributed by atoms with Gasteiger partial charge in [-0.2, -0.15) is 0 Å². The minimum absolute atomic E-state index is 0.305. The van der Waals surface area contributed by atoms with Gasteiger partial charge in [0.25, 0.3) is 0 Å². The van der Waals surface area contributed by atoms with Crippen LogP contribution >= 0.6 is 11.6 Å². The molecule has 0 fully saturated rings. The van der Waals surface area contributed by atoms with Crippen molar-refractivity contribution < 1.29 is 13.9 Å². The molecular formula is C17H26ClFN2O2. The summed E-state index contributed by atoms with van der Waals surface area (Å²) in [5.74, 6) is -0.349. The van der Waals surface area contributed by atoms with E-state index in [9.17, 15) is 9.18 Å². The number of carbonyl (C=O) groups excluding carboxylic acids is 1. The number of nitrogens with zero attached hydrogens (tertiary/aromatic N) is 1. The zero-order chi connectivity index (χ0) is 17.5. The first-order valence-corrected chi connectivity index (χ1v) is 8.23. The molecule has 1 aromatic carbocycles. The number of carbonyl (C=O) groups is 1. The van der Waals surface area contributed by atoms with Crippen LogP contribution in [-0.2, 0) is 11.3 Å². The standard InChI is InChI=1S/C17H26ClFN2O2/c1-5-9-21(16(22)23-17(2,3)4)10-8-20-12-13-6-7-14(19)11-15(13)18/h6-7,11,20H,5,8-10,12H2,1-4H3. The van der Waals surface area contributed by atoms with Crippen LogP contribution in [0, 0.1) is 5.82 Å². The summed E-state index contributed by atoms with van der Waals surface area (Å²) in [4.78, 5) is 13.8. The van der Waals surface area contributed by atoms with E-state index in [1.165, 1.54) is 12.1 Å². The molecule has 1 aromatic rings. The van der Waals surface area contributed by atoms with Crippen LogP contribution in [-0.4, -0.2) is 36.2 Å². The highest BCUT2D eigenvalue weighted by Crippen LogP contribution is 2.16. The van der Waals surface area contributed by atoms with E-state index in [1.54, 1.807) is 11.0 Å². The number of amides is 1. The summed E-state index contributed by atoms with van der Waals surface area (Å²) in [7, 11) is 0. The lowest BCUT2D eigenvalue weighted by molar-refractivity contribution is 0.0252. The average Bonchev–Trinajstić information content (AvgIpc) is 2.42. The minimum atomic E-state index is -0.502. The van der Waals surface area contributed by atoms with Gasteiger partial charge in [0, 0.05) is 31.2 Å². The van der Waals surface area contributed by atoms with Gasteiger partial charge in [-0.3, -0.25) is 0 Å². The van der Waals surface area contributed by atoms with Crippen molar-refractivity contribution in [2.45, 2.75) is 46.3 Å². The molecule has 0 aromatic heterocycles. The van der Waals surface area contributed by atoms with Gasteiger partial charge >= 0.3 is 6.09 Å². The molecule has 0 saturated heterocycles. The van der Waals surface area contributed by atoms with Crippen LogP contribution < -0.4 is 5.32 Å². The highest BCUT2D eigenvalue weighted by Gasteiger charge is 2.21. The fraction of sp³-hybridized carbons (Fsp3) is 0.588. The van der Waals surface area contributed by atoms with Crippen molar-refractivity contribution >= 4 is 17.7 Å². The smallest absolute Gasteiger partial charge is 0.410 e. The predicted molar refractivity (Wildman–Crippen MR) is 91.2 cm³/mol. The van der Waals surface area contributed by atoms with Gasteiger partial charge in [0.2, 0.25) is 0 Å². The van der Waals surface area contributed by atoms with Gasteiger partial charge in [-0.25, -0.2) is 9.18 Å². The van der Waals surface area contributed by atoms with Crippen LogP contribution in [0.1, 0.15) is 39.7 Å². The molecule has 0 saturated carbocycles. The van der Waals surface area contributed by atoms with Crippen molar-refractivity contribution in [1.29, 1.82) is 0 Å². The van der Waals surface area contributed by atoms with Gasteiger partial charge in [0.05, 0.1) is 0 Å². The monoisotopic (exact) mass is 344 g/mol. The second-order valence-corrected chi connectivity index (χ2v) is 6.79. The van der Waals surface area contributed by atoms with E-state index < -0.39 is 5.60 Å². The molecule has 0 aliphatic carbocycles. The van der Waals surface area contributed by atoms with E-state index in [0.29, 0.717) is 31.2 Å². The molecule has 0 heterocycles. The first-order chi connectivity index (χ1) is 10.7. The van der Waals surface area contributed by atoms with Crippen LogP contribution in [0.5, 0.6) is 0 Å². The lowest BCUT2D eigenvalue weighted by atomic mass is 10.2. The average molecular weight is 345 g/mol. The highest BCUT2D eigenvalue weighted by molar-refractivity contribution is 6.31. The van der Waals surface area contributed by atoms with E-state index in [1.807, 2.05) is 27.7 Å². The Morgan fingerprint density at radius 3 is 2.61 bits per heavy atom. The molecule has 6 heteroatoms. The summed E-state index contributed by atoms with van der Waals surface area (Å²) in [6.45, 7) is 9.89. The molecule has 0 unspecified atom stereocenters. The van der Waals surface area contributed by atoms with Crippen molar-refractivity contribution in [3.8, 4) is 0 Å². The molecule has 1 rings (SSSR count). The topological polar surface area (TPSA) is 41.6 Å². The number of hydrogen-bond donors (Lipinski definition) is 1. The fourth-order valence-electron chi connectivity index (χ4n) is 1.99. The van der Waals surface area contributed by atoms with E-state index in [-0.39, 0.29) is 11.9 Å². The summed E-state index contributed by atoms with van der Waals surface area (Å²) in [6, 6.07) is 4.33. The van der Waals surface area contributed by atoms with Crippen LogP contribution in [0.2, 0.25) is 5.02 Å². The number of nitrogens with one attached hydrogen (secondary N) is 1. The maximum absolute atomic E-state index is 13.0. The first-order valence-electron chi connectivity index (χ1n) is 7.85. The van der Waals surface area contributed by atoms with Crippen molar-refractivity contribution in [2.75, 3.05) is 19.6 Å². The van der Waals surface area contributed by atoms with Crippen LogP contribution in [0.3, 0.4) is 0 Å². The zero-order valence-electron chi connectivity index (χ0n) is 14.3. The molecule has 0 aliphatic rings. The van der Waals surface area contributed by atoms with Gasteiger partial charge < -0.3 is 15.0 Å². The van der Waals surface area contributed by atoms with E-state index in [2.05, 4.69) is 5.32 Å². The molecule has 23 heavy (non-hydrogen) atoms. The summed E-state index contributed by atoms with van der Waals surface area (Å²) >= 11 is 5.98. The third-order valence-electron chi connectivity index (χ3n) is 3.03. The number of halogens is 2. The Balaban J connectivity index is 2.45. The van der Waals surface area contributed by atoms with Crippen molar-refractivity contribution in [1.82, 2.24) is 10.2 Å². The van der Waals surface area contributed by atoms with Gasteiger partial charge in [-0.1, -0.05) is 24.6 Å². The SMILES string of the molecule is CCCN(CCNCc1ccc(F)cc1Cl)C(=O)OC(C)(C)C. The lowest BCUT2D eigenvalue weighted by Crippen LogP contribution is -2.40. The second kappa shape index (κ2) is 9.08. The Hall–Kier alpha value is -1.33. The van der Waals surface area contributed by atoms with Gasteiger partial charge in [0.15, 0.2) is 0 Å². The van der Waals surface area contributed by atoms with Gasteiger partial charge in [-0.05, 0) is 44.9 Å². The molecule has 0 spiro atoms. The molecule has 1 amide bonds. The Kier molecular flexibility index (Phi) is 7.79. The van der Waals surface area contributed by atoms with Crippen LogP contribution in [0.15, 0.2) is 18.2 Å². The molecule has 1 N–H and O–H groups in total. The molecule has 0 bridgehead atoms. The summed E-state index contributed by atoms with van der Waals surface area (Å²) in [5.41, 5.74) is 0.324. The second-order valence-electron chi connectivity index (χ2n) is 6.38. The lowest BCUT2D eigenvalue weighted by Gasteiger charge is -2.27. The first kappa shape index (κ1) is 19.7. The van der Waals surface area contributed by atoms with Gasteiger partial charge in [0.1, 0.15) is 11.4 Å². The summed E-state index contributed by atoms with van der Waals surface area (Å²) in [5, 5.41) is 3.61. The van der Waals surface area contributed by atoms with Crippen LogP contribution in [0.4, 0.5) is 9.18 Å². The summed E-state index contributed by atoms with van der Waals surface area (Å²) < 4.78 is 18.4. The summed E-state index contributed by atoms with van der Waals surface area (Å²) in [6.07, 6.45) is 0.559. The third kappa shape index (κ3) is 7.66. The Morgan fingerprint density at radius 2 is 2.04 bits per heavy atom. The Bertz CT molecular complexity index is 518. The van der Waals surface area contributed by atoms with E-state index >= 15 is 0 Å². The number of hydrogen-bond acceptors (Lipinski definition) is 3. The molecule has 130 valence electrons. The quantitative estimate of drug-likeness (QED) is 0.753. The number of benzene rings is 1. The maximum atomic E-state index is 13.0. The molecule has 0 atom stereocenters. The third-order valence-corrected chi connectivity index (χ3v) is 3.39. The molecule has 0 aliphatic heterocycles. The molecular weight excluding hydrogens is 319 g/mol. The maximum Gasteiger partial charge on any atom is 0.410 e. The highest BCUT2D eigenvalue weighted by atomic mass is 35.5. The molecule has 0 radical (unpaired) electrons. The number of ether oxygens (including phenoxy) is 1. The Morgan fingerprint density at radius 1 is 1.35 bits per heavy atom. The van der Waals surface area contributed by atoms with E-state index in [4.69, 9.17) is 16.3 Å². The van der Waals surface area contributed by atoms with Crippen molar-refractivity contribution in [2.24, 2.45) is 0 Å². The minimum Gasteiger partial charge on any atom is -0.444 e. The molecule has 4 nitrogen and oxygen atoms in total. The van der Waals surface area contributed by atoms with E-state index in [0.717, 1.165) is 12.0 Å². The van der Waals surface area contributed by atoms with Crippen LogP contribution in [0.25, 0.3) is 0 Å². The van der Waals surface area contributed by atoms with Crippen molar-refractivity contribution in [3.05, 3.63) is 34.6 Å². The fourth-order valence-corrected chi connectivity index (χ4v) is 2.23. The van der Waals surface area contributed by atoms with Crippen molar-refractivity contribution in [3.63, 3.8) is 0 Å². The predicted octanol–water partition coefficient (Wildman–Crippen LogP) is 4.22. The zero-order valence-corrected chi connectivity index (χ0v) is 15.0.